The first kappa shape index (κ1) is 20.8. The Morgan fingerprint density at radius 1 is 1.14 bits per heavy atom. The highest BCUT2D eigenvalue weighted by Crippen LogP contribution is 2.17. The zero-order chi connectivity index (χ0) is 20.6. The molecule has 2 amide bonds. The Hall–Kier alpha value is -2.92. The van der Waals surface area contributed by atoms with Crippen molar-refractivity contribution in [2.24, 2.45) is 0 Å². The van der Waals surface area contributed by atoms with Gasteiger partial charge >= 0.3 is 6.03 Å². The molecular weight excluding hydrogens is 386 g/mol. The van der Waals surface area contributed by atoms with Crippen LogP contribution in [0.4, 0.5) is 10.5 Å². The number of urea groups is 1. The molecule has 3 aromatic rings. The Labute approximate surface area is 176 Å². The summed E-state index contributed by atoms with van der Waals surface area (Å²) in [7, 11) is 1.62. The lowest BCUT2D eigenvalue weighted by Crippen LogP contribution is -2.35. The van der Waals surface area contributed by atoms with E-state index in [0.717, 1.165) is 34.1 Å². The number of hydrogen-bond acceptors (Lipinski definition) is 2. The zero-order valence-corrected chi connectivity index (χ0v) is 17.5. The summed E-state index contributed by atoms with van der Waals surface area (Å²) in [5.74, 6) is 0.757. The maximum Gasteiger partial charge on any atom is 0.322 e. The highest BCUT2D eigenvalue weighted by atomic mass is 35.5. The van der Waals surface area contributed by atoms with Crippen LogP contribution in [0.1, 0.15) is 24.6 Å². The fraction of sp³-hybridized carbons (Fsp3) is 0.261. The van der Waals surface area contributed by atoms with Gasteiger partial charge < -0.3 is 19.5 Å². The van der Waals surface area contributed by atoms with Crippen LogP contribution in [0.2, 0.25) is 5.02 Å². The number of anilines is 1. The van der Waals surface area contributed by atoms with E-state index in [1.807, 2.05) is 65.7 Å². The van der Waals surface area contributed by atoms with E-state index in [4.69, 9.17) is 16.3 Å². The summed E-state index contributed by atoms with van der Waals surface area (Å²) < 4.78 is 7.31. The van der Waals surface area contributed by atoms with Gasteiger partial charge in [-0.2, -0.15) is 0 Å². The quantitative estimate of drug-likeness (QED) is 0.521. The number of carbonyl (C=O) groups excluding carboxylic acids is 1. The van der Waals surface area contributed by atoms with Crippen molar-refractivity contribution < 1.29 is 9.53 Å². The highest BCUT2D eigenvalue weighted by Gasteiger charge is 2.15. The van der Waals surface area contributed by atoms with Gasteiger partial charge in [0.2, 0.25) is 0 Å². The third-order valence-electron chi connectivity index (χ3n) is 4.64. The highest BCUT2D eigenvalue weighted by molar-refractivity contribution is 6.30. The van der Waals surface area contributed by atoms with Crippen LogP contribution in [0.5, 0.6) is 5.75 Å². The average Bonchev–Trinajstić information content (AvgIpc) is 3.15. The van der Waals surface area contributed by atoms with Crippen LogP contribution < -0.4 is 10.1 Å². The van der Waals surface area contributed by atoms with Crippen LogP contribution in [-0.2, 0) is 13.1 Å². The molecule has 0 unspecified atom stereocenters. The van der Waals surface area contributed by atoms with Gasteiger partial charge in [-0.25, -0.2) is 4.79 Å². The standard InChI is InChI=1S/C23H26ClN3O2/c1-3-13-27(23(28)25-20-9-11-22(29-2)12-10-20)17-21-8-5-14-26(21)16-18-6-4-7-19(24)15-18/h4-12,14-15H,3,13,16-17H2,1-2H3,(H,25,28). The number of benzene rings is 2. The first-order valence-corrected chi connectivity index (χ1v) is 10.0. The first-order chi connectivity index (χ1) is 14.1. The number of rotatable bonds is 8. The van der Waals surface area contributed by atoms with Gasteiger partial charge in [0, 0.05) is 35.7 Å². The Morgan fingerprint density at radius 2 is 1.93 bits per heavy atom. The second kappa shape index (κ2) is 10.0. The minimum absolute atomic E-state index is 0.118. The second-order valence-electron chi connectivity index (χ2n) is 6.84. The lowest BCUT2D eigenvalue weighted by molar-refractivity contribution is 0.208. The molecule has 5 nitrogen and oxygen atoms in total. The Kier molecular flexibility index (Phi) is 7.19. The van der Waals surface area contributed by atoms with Crippen molar-refractivity contribution in [3.8, 4) is 5.75 Å². The molecule has 2 aromatic carbocycles. The summed E-state index contributed by atoms with van der Waals surface area (Å²) in [5, 5.41) is 3.70. The Bertz CT molecular complexity index is 937. The van der Waals surface area contributed by atoms with Crippen LogP contribution in [0.3, 0.4) is 0 Å². The molecule has 1 aromatic heterocycles. The first-order valence-electron chi connectivity index (χ1n) is 9.67. The number of hydrogen-bond donors (Lipinski definition) is 1. The molecule has 0 saturated heterocycles. The number of carbonyl (C=O) groups is 1. The molecular formula is C23H26ClN3O2. The number of nitrogens with zero attached hydrogens (tertiary/aromatic N) is 2. The van der Waals surface area contributed by atoms with Crippen LogP contribution in [0, 0.1) is 0 Å². The lowest BCUT2D eigenvalue weighted by atomic mass is 10.2. The molecule has 0 fully saturated rings. The molecule has 29 heavy (non-hydrogen) atoms. The van der Waals surface area contributed by atoms with Crippen LogP contribution in [0.25, 0.3) is 0 Å². The van der Waals surface area contributed by atoms with Crippen molar-refractivity contribution in [3.63, 3.8) is 0 Å². The Balaban J connectivity index is 1.70. The van der Waals surface area contributed by atoms with Gasteiger partial charge in [-0.1, -0.05) is 30.7 Å². The van der Waals surface area contributed by atoms with Crippen molar-refractivity contribution in [2.45, 2.75) is 26.4 Å². The number of nitrogens with one attached hydrogen (secondary N) is 1. The van der Waals surface area contributed by atoms with Gasteiger partial charge in [-0.15, -0.1) is 0 Å². The summed E-state index contributed by atoms with van der Waals surface area (Å²) in [6.07, 6.45) is 2.91. The predicted octanol–water partition coefficient (Wildman–Crippen LogP) is 5.64. The smallest absolute Gasteiger partial charge is 0.322 e. The molecule has 1 N–H and O–H groups in total. The van der Waals surface area contributed by atoms with E-state index in [2.05, 4.69) is 22.9 Å². The minimum atomic E-state index is -0.118. The molecule has 3 rings (SSSR count). The van der Waals surface area contributed by atoms with E-state index in [0.29, 0.717) is 19.6 Å². The maximum absolute atomic E-state index is 12.9. The average molecular weight is 412 g/mol. The molecule has 0 aliphatic heterocycles. The molecule has 0 bridgehead atoms. The van der Waals surface area contributed by atoms with Crippen molar-refractivity contribution in [3.05, 3.63) is 83.1 Å². The van der Waals surface area contributed by atoms with Gasteiger partial charge in [0.25, 0.3) is 0 Å². The molecule has 0 radical (unpaired) electrons. The van der Waals surface area contributed by atoms with E-state index in [9.17, 15) is 4.79 Å². The molecule has 6 heteroatoms. The summed E-state index contributed by atoms with van der Waals surface area (Å²) in [6, 6.07) is 19.1. The van der Waals surface area contributed by atoms with Crippen LogP contribution in [0.15, 0.2) is 66.9 Å². The molecule has 0 aliphatic rings. The largest absolute Gasteiger partial charge is 0.497 e. The minimum Gasteiger partial charge on any atom is -0.497 e. The Morgan fingerprint density at radius 3 is 2.62 bits per heavy atom. The van der Waals surface area contributed by atoms with Gasteiger partial charge in [0.1, 0.15) is 5.75 Å². The van der Waals surface area contributed by atoms with Crippen molar-refractivity contribution in [2.75, 3.05) is 19.0 Å². The number of amides is 2. The normalized spacial score (nSPS) is 10.6. The van der Waals surface area contributed by atoms with Gasteiger partial charge in [0.15, 0.2) is 0 Å². The number of methoxy groups -OCH3 is 1. The molecule has 152 valence electrons. The summed E-state index contributed by atoms with van der Waals surface area (Å²) in [4.78, 5) is 14.7. The molecule has 0 spiro atoms. The molecule has 1 heterocycles. The van der Waals surface area contributed by atoms with Gasteiger partial charge in [-0.05, 0) is 60.5 Å². The number of halogens is 1. The summed E-state index contributed by atoms with van der Waals surface area (Å²) in [5.41, 5.74) is 2.94. The maximum atomic E-state index is 12.9. The van der Waals surface area contributed by atoms with Crippen molar-refractivity contribution in [1.29, 1.82) is 0 Å². The lowest BCUT2D eigenvalue weighted by Gasteiger charge is -2.23. The molecule has 0 atom stereocenters. The number of ether oxygens (including phenoxy) is 1. The third-order valence-corrected chi connectivity index (χ3v) is 4.88. The van der Waals surface area contributed by atoms with Crippen LogP contribution in [-0.4, -0.2) is 29.2 Å². The second-order valence-corrected chi connectivity index (χ2v) is 7.27. The van der Waals surface area contributed by atoms with Gasteiger partial charge in [0.05, 0.1) is 13.7 Å². The summed E-state index contributed by atoms with van der Waals surface area (Å²) in [6.45, 7) is 3.98. The number of aromatic nitrogens is 1. The fourth-order valence-corrected chi connectivity index (χ4v) is 3.39. The topological polar surface area (TPSA) is 46.5 Å². The van der Waals surface area contributed by atoms with Crippen molar-refractivity contribution in [1.82, 2.24) is 9.47 Å². The zero-order valence-electron chi connectivity index (χ0n) is 16.8. The fourth-order valence-electron chi connectivity index (χ4n) is 3.17. The van der Waals surface area contributed by atoms with Crippen LogP contribution >= 0.6 is 11.6 Å². The monoisotopic (exact) mass is 411 g/mol. The van der Waals surface area contributed by atoms with E-state index in [1.54, 1.807) is 7.11 Å². The van der Waals surface area contributed by atoms with E-state index < -0.39 is 0 Å². The van der Waals surface area contributed by atoms with E-state index in [1.165, 1.54) is 0 Å². The molecule has 0 saturated carbocycles. The van der Waals surface area contributed by atoms with E-state index in [-0.39, 0.29) is 6.03 Å². The van der Waals surface area contributed by atoms with Crippen molar-refractivity contribution >= 4 is 23.3 Å². The summed E-state index contributed by atoms with van der Waals surface area (Å²) >= 11 is 6.11. The predicted molar refractivity (Wildman–Crippen MR) is 118 cm³/mol. The molecule has 0 aliphatic carbocycles. The third kappa shape index (κ3) is 5.78. The van der Waals surface area contributed by atoms with E-state index >= 15 is 0 Å². The van der Waals surface area contributed by atoms with Gasteiger partial charge in [-0.3, -0.25) is 0 Å². The SMILES string of the molecule is CCCN(Cc1cccn1Cc1cccc(Cl)c1)C(=O)Nc1ccc(OC)cc1.